The van der Waals surface area contributed by atoms with Gasteiger partial charge in [-0.05, 0) is 31.2 Å². The summed E-state index contributed by atoms with van der Waals surface area (Å²) in [7, 11) is -4.36. The van der Waals surface area contributed by atoms with Crippen molar-refractivity contribution in [2.45, 2.75) is 18.0 Å². The number of hydrogen-bond acceptors (Lipinski definition) is 4. The van der Waals surface area contributed by atoms with Crippen LogP contribution in [0.4, 0.5) is 18.9 Å². The van der Waals surface area contributed by atoms with Crippen molar-refractivity contribution in [3.8, 4) is 11.3 Å². The standard InChI is InChI=1S/C17H12ClF3N2O2S2/c1-10-22-15(9-26-10)12-4-2-3-5-14(12)23-27(24,25)16-8-11(17(19,20)21)6-7-13(16)18/h2-9,23H,1H3. The number of aryl methyl sites for hydroxylation is 1. The van der Waals surface area contributed by atoms with Crippen molar-refractivity contribution in [3.05, 3.63) is 63.4 Å². The summed E-state index contributed by atoms with van der Waals surface area (Å²) in [6.45, 7) is 1.81. The summed E-state index contributed by atoms with van der Waals surface area (Å²) in [5.74, 6) is 0. The molecule has 0 aliphatic heterocycles. The zero-order chi connectivity index (χ0) is 19.8. The van der Waals surface area contributed by atoms with E-state index in [-0.39, 0.29) is 10.7 Å². The Morgan fingerprint density at radius 3 is 2.48 bits per heavy atom. The van der Waals surface area contributed by atoms with Gasteiger partial charge in [0.15, 0.2) is 0 Å². The van der Waals surface area contributed by atoms with Gasteiger partial charge in [-0.2, -0.15) is 13.2 Å². The lowest BCUT2D eigenvalue weighted by molar-refractivity contribution is -0.137. The smallest absolute Gasteiger partial charge is 0.279 e. The van der Waals surface area contributed by atoms with Crippen LogP contribution in [0.3, 0.4) is 0 Å². The number of benzene rings is 2. The number of aromatic nitrogens is 1. The highest BCUT2D eigenvalue weighted by molar-refractivity contribution is 7.92. The van der Waals surface area contributed by atoms with Crippen molar-refractivity contribution in [1.82, 2.24) is 4.98 Å². The summed E-state index contributed by atoms with van der Waals surface area (Å²) in [6.07, 6.45) is -4.69. The second-order valence-corrected chi connectivity index (χ2v) is 8.67. The van der Waals surface area contributed by atoms with Gasteiger partial charge in [0.1, 0.15) is 4.90 Å². The Morgan fingerprint density at radius 1 is 1.15 bits per heavy atom. The predicted octanol–water partition coefficient (Wildman–Crippen LogP) is 5.59. The first-order valence-electron chi connectivity index (χ1n) is 7.49. The molecule has 4 nitrogen and oxygen atoms in total. The van der Waals surface area contributed by atoms with Gasteiger partial charge in [-0.3, -0.25) is 4.72 Å². The van der Waals surface area contributed by atoms with Crippen LogP contribution in [0.5, 0.6) is 0 Å². The number of halogens is 4. The summed E-state index contributed by atoms with van der Waals surface area (Å²) in [4.78, 5) is 3.67. The molecule has 0 atom stereocenters. The van der Waals surface area contributed by atoms with E-state index in [1.807, 2.05) is 6.92 Å². The van der Waals surface area contributed by atoms with Crippen LogP contribution in [-0.4, -0.2) is 13.4 Å². The predicted molar refractivity (Wildman–Crippen MR) is 99.5 cm³/mol. The van der Waals surface area contributed by atoms with E-state index >= 15 is 0 Å². The molecule has 0 unspecified atom stereocenters. The Morgan fingerprint density at radius 2 is 1.85 bits per heavy atom. The highest BCUT2D eigenvalue weighted by Gasteiger charge is 2.33. The number of para-hydroxylation sites is 1. The van der Waals surface area contributed by atoms with Gasteiger partial charge in [-0.1, -0.05) is 29.8 Å². The Bertz CT molecular complexity index is 1100. The molecule has 3 aromatic rings. The van der Waals surface area contributed by atoms with Crippen molar-refractivity contribution in [3.63, 3.8) is 0 Å². The highest BCUT2D eigenvalue weighted by atomic mass is 35.5. The Hall–Kier alpha value is -2.10. The lowest BCUT2D eigenvalue weighted by Gasteiger charge is -2.14. The van der Waals surface area contributed by atoms with Crippen LogP contribution in [0, 0.1) is 6.92 Å². The van der Waals surface area contributed by atoms with Gasteiger partial charge in [0, 0.05) is 10.9 Å². The van der Waals surface area contributed by atoms with E-state index in [2.05, 4.69) is 9.71 Å². The number of nitrogens with zero attached hydrogens (tertiary/aromatic N) is 1. The molecule has 0 aliphatic rings. The molecule has 27 heavy (non-hydrogen) atoms. The van der Waals surface area contributed by atoms with Gasteiger partial charge in [-0.15, -0.1) is 11.3 Å². The molecule has 0 saturated carbocycles. The molecule has 0 saturated heterocycles. The van der Waals surface area contributed by atoms with E-state index in [0.29, 0.717) is 17.3 Å². The average molecular weight is 433 g/mol. The number of hydrogen-bond donors (Lipinski definition) is 1. The normalized spacial score (nSPS) is 12.2. The first-order chi connectivity index (χ1) is 12.6. The van der Waals surface area contributed by atoms with Gasteiger partial charge in [0.25, 0.3) is 10.0 Å². The van der Waals surface area contributed by atoms with Crippen LogP contribution in [0.15, 0.2) is 52.7 Å². The van der Waals surface area contributed by atoms with Crippen LogP contribution in [0.2, 0.25) is 5.02 Å². The van der Waals surface area contributed by atoms with Gasteiger partial charge >= 0.3 is 6.18 Å². The Balaban J connectivity index is 2.04. The molecule has 1 N–H and O–H groups in total. The van der Waals surface area contributed by atoms with Gasteiger partial charge in [-0.25, -0.2) is 13.4 Å². The SMILES string of the molecule is Cc1nc(-c2ccccc2NS(=O)(=O)c2cc(C(F)(F)F)ccc2Cl)cs1. The van der Waals surface area contributed by atoms with E-state index in [1.165, 1.54) is 17.4 Å². The number of sulfonamides is 1. The maximum atomic E-state index is 12.9. The average Bonchev–Trinajstić information content (AvgIpc) is 3.00. The minimum Gasteiger partial charge on any atom is -0.279 e. The lowest BCUT2D eigenvalue weighted by atomic mass is 10.1. The first kappa shape index (κ1) is 19.7. The zero-order valence-corrected chi connectivity index (χ0v) is 16.1. The summed E-state index contributed by atoms with van der Waals surface area (Å²) in [5.41, 5.74) is 0.159. The molecule has 142 valence electrons. The van der Waals surface area contributed by atoms with Crippen LogP contribution < -0.4 is 4.72 Å². The molecule has 1 aromatic heterocycles. The third-order valence-corrected chi connectivity index (χ3v) is 6.23. The molecule has 3 rings (SSSR count). The van der Waals surface area contributed by atoms with Gasteiger partial charge in [0.05, 0.1) is 27.0 Å². The van der Waals surface area contributed by atoms with Crippen molar-refractivity contribution < 1.29 is 21.6 Å². The van der Waals surface area contributed by atoms with Crippen LogP contribution in [0.1, 0.15) is 10.6 Å². The molecule has 0 fully saturated rings. The van der Waals surface area contributed by atoms with Crippen molar-refractivity contribution >= 4 is 38.6 Å². The molecular weight excluding hydrogens is 421 g/mol. The largest absolute Gasteiger partial charge is 0.416 e. The summed E-state index contributed by atoms with van der Waals surface area (Å²) in [5, 5.41) is 2.25. The fraction of sp³-hybridized carbons (Fsp3) is 0.118. The lowest BCUT2D eigenvalue weighted by Crippen LogP contribution is -2.16. The Labute approximate surface area is 162 Å². The van der Waals surface area contributed by atoms with E-state index in [0.717, 1.165) is 17.1 Å². The quantitative estimate of drug-likeness (QED) is 0.584. The van der Waals surface area contributed by atoms with Crippen LogP contribution in [-0.2, 0) is 16.2 Å². The number of rotatable bonds is 4. The third kappa shape index (κ3) is 4.26. The molecule has 0 radical (unpaired) electrons. The maximum Gasteiger partial charge on any atom is 0.416 e. The van der Waals surface area contributed by atoms with Crippen molar-refractivity contribution in [1.29, 1.82) is 0 Å². The van der Waals surface area contributed by atoms with Crippen molar-refractivity contribution in [2.24, 2.45) is 0 Å². The fourth-order valence-electron chi connectivity index (χ4n) is 2.37. The molecule has 1 heterocycles. The fourth-order valence-corrected chi connectivity index (χ4v) is 4.59. The number of anilines is 1. The molecule has 0 aliphatic carbocycles. The highest BCUT2D eigenvalue weighted by Crippen LogP contribution is 2.35. The molecule has 10 heteroatoms. The summed E-state index contributed by atoms with van der Waals surface area (Å²) >= 11 is 7.25. The second kappa shape index (κ2) is 7.14. The number of thiazole rings is 1. The van der Waals surface area contributed by atoms with E-state index in [9.17, 15) is 21.6 Å². The monoisotopic (exact) mass is 432 g/mol. The second-order valence-electron chi connectivity index (χ2n) is 5.55. The maximum absolute atomic E-state index is 12.9. The van der Waals surface area contributed by atoms with E-state index < -0.39 is 26.7 Å². The molecule has 2 aromatic carbocycles. The topological polar surface area (TPSA) is 59.1 Å². The van der Waals surface area contributed by atoms with Gasteiger partial charge in [0.2, 0.25) is 0 Å². The van der Waals surface area contributed by atoms with Crippen LogP contribution >= 0.6 is 22.9 Å². The van der Waals surface area contributed by atoms with Gasteiger partial charge < -0.3 is 0 Å². The number of alkyl halides is 3. The van der Waals surface area contributed by atoms with Crippen LogP contribution in [0.25, 0.3) is 11.3 Å². The van der Waals surface area contributed by atoms with E-state index in [1.54, 1.807) is 23.6 Å². The summed E-state index contributed by atoms with van der Waals surface area (Å²) < 4.78 is 66.5. The molecule has 0 amide bonds. The molecule has 0 spiro atoms. The molecular formula is C17H12ClF3N2O2S2. The first-order valence-corrected chi connectivity index (χ1v) is 10.2. The number of nitrogens with one attached hydrogen (secondary N) is 1. The Kier molecular flexibility index (Phi) is 5.20. The van der Waals surface area contributed by atoms with Crippen molar-refractivity contribution in [2.75, 3.05) is 4.72 Å². The zero-order valence-electron chi connectivity index (χ0n) is 13.7. The minimum atomic E-state index is -4.69. The molecule has 0 bridgehead atoms. The summed E-state index contributed by atoms with van der Waals surface area (Å²) in [6, 6.07) is 8.64. The minimum absolute atomic E-state index is 0.191. The third-order valence-electron chi connectivity index (χ3n) is 3.61. The van der Waals surface area contributed by atoms with E-state index in [4.69, 9.17) is 11.6 Å².